The molecular formula is C17H17BrN4O. The monoisotopic (exact) mass is 372 g/mol. The van der Waals surface area contributed by atoms with Crippen molar-refractivity contribution in [2.75, 3.05) is 5.32 Å². The molecule has 0 aliphatic heterocycles. The second-order valence-electron chi connectivity index (χ2n) is 5.52. The quantitative estimate of drug-likeness (QED) is 0.761. The normalized spacial score (nSPS) is 11.0. The van der Waals surface area contributed by atoms with Crippen molar-refractivity contribution in [2.24, 2.45) is 0 Å². The summed E-state index contributed by atoms with van der Waals surface area (Å²) in [6.45, 7) is 5.93. The molecule has 1 aromatic carbocycles. The maximum absolute atomic E-state index is 12.4. The number of rotatable bonds is 3. The molecule has 3 aromatic rings. The SMILES string of the molecule is Cc1cc(NC(=O)Cn2nc(C)c(Br)c2C)c2ccccc2n1. The van der Waals surface area contributed by atoms with Gasteiger partial charge in [-0.3, -0.25) is 14.5 Å². The zero-order chi connectivity index (χ0) is 16.6. The van der Waals surface area contributed by atoms with Crippen LogP contribution in [0.1, 0.15) is 17.1 Å². The van der Waals surface area contributed by atoms with E-state index in [4.69, 9.17) is 0 Å². The van der Waals surface area contributed by atoms with Crippen LogP contribution in [0.2, 0.25) is 0 Å². The van der Waals surface area contributed by atoms with Crippen LogP contribution in [0.4, 0.5) is 5.69 Å². The number of amides is 1. The molecule has 2 heterocycles. The summed E-state index contributed by atoms with van der Waals surface area (Å²) in [7, 11) is 0. The lowest BCUT2D eigenvalue weighted by atomic mass is 10.1. The van der Waals surface area contributed by atoms with Crippen molar-refractivity contribution >= 4 is 38.4 Å². The Morgan fingerprint density at radius 2 is 2.00 bits per heavy atom. The minimum absolute atomic E-state index is 0.112. The first-order chi connectivity index (χ1) is 11.0. The van der Waals surface area contributed by atoms with Gasteiger partial charge < -0.3 is 5.32 Å². The fourth-order valence-corrected chi connectivity index (χ4v) is 2.85. The molecule has 1 amide bonds. The summed E-state index contributed by atoms with van der Waals surface area (Å²) >= 11 is 3.48. The Morgan fingerprint density at radius 3 is 2.70 bits per heavy atom. The molecule has 0 radical (unpaired) electrons. The lowest BCUT2D eigenvalue weighted by molar-refractivity contribution is -0.116. The third-order valence-electron chi connectivity index (χ3n) is 3.70. The van der Waals surface area contributed by atoms with Gasteiger partial charge in [-0.15, -0.1) is 0 Å². The Hall–Kier alpha value is -2.21. The Kier molecular flexibility index (Phi) is 4.17. The number of nitrogens with one attached hydrogen (secondary N) is 1. The number of aryl methyl sites for hydroxylation is 2. The molecule has 0 saturated heterocycles. The predicted octanol–water partition coefficient (Wildman–Crippen LogP) is 3.76. The van der Waals surface area contributed by atoms with Crippen LogP contribution in [-0.2, 0) is 11.3 Å². The number of benzene rings is 1. The lowest BCUT2D eigenvalue weighted by Crippen LogP contribution is -2.20. The highest BCUT2D eigenvalue weighted by molar-refractivity contribution is 9.10. The van der Waals surface area contributed by atoms with Crippen molar-refractivity contribution in [1.29, 1.82) is 0 Å². The van der Waals surface area contributed by atoms with Crippen molar-refractivity contribution < 1.29 is 4.79 Å². The third kappa shape index (κ3) is 3.12. The first-order valence-electron chi connectivity index (χ1n) is 7.31. The molecule has 0 saturated carbocycles. The van der Waals surface area contributed by atoms with Crippen molar-refractivity contribution in [3.8, 4) is 0 Å². The van der Waals surface area contributed by atoms with E-state index in [1.54, 1.807) is 4.68 Å². The third-order valence-corrected chi connectivity index (χ3v) is 4.85. The molecule has 5 nitrogen and oxygen atoms in total. The number of carbonyl (C=O) groups excluding carboxylic acids is 1. The molecule has 0 fully saturated rings. The molecule has 2 aromatic heterocycles. The number of anilines is 1. The molecule has 6 heteroatoms. The second kappa shape index (κ2) is 6.12. The summed E-state index contributed by atoms with van der Waals surface area (Å²) in [4.78, 5) is 16.9. The molecule has 3 rings (SSSR count). The average molecular weight is 373 g/mol. The highest BCUT2D eigenvalue weighted by atomic mass is 79.9. The van der Waals surface area contributed by atoms with Crippen molar-refractivity contribution in [3.63, 3.8) is 0 Å². The molecule has 118 valence electrons. The van der Waals surface area contributed by atoms with Crippen LogP contribution in [0.15, 0.2) is 34.8 Å². The van der Waals surface area contributed by atoms with Crippen LogP contribution < -0.4 is 5.32 Å². The largest absolute Gasteiger partial charge is 0.324 e. The maximum atomic E-state index is 12.4. The van der Waals surface area contributed by atoms with E-state index in [9.17, 15) is 4.79 Å². The van der Waals surface area contributed by atoms with Crippen molar-refractivity contribution in [1.82, 2.24) is 14.8 Å². The first kappa shape index (κ1) is 15.7. The number of nitrogens with zero attached hydrogens (tertiary/aromatic N) is 3. The van der Waals surface area contributed by atoms with Crippen molar-refractivity contribution in [2.45, 2.75) is 27.3 Å². The fourth-order valence-electron chi connectivity index (χ4n) is 2.57. The zero-order valence-corrected chi connectivity index (χ0v) is 14.8. The van der Waals surface area contributed by atoms with Gasteiger partial charge in [0.2, 0.25) is 5.91 Å². The van der Waals surface area contributed by atoms with Crippen LogP contribution in [0.25, 0.3) is 10.9 Å². The molecule has 23 heavy (non-hydrogen) atoms. The van der Waals surface area contributed by atoms with E-state index >= 15 is 0 Å². The van der Waals surface area contributed by atoms with Crippen LogP contribution in [0.5, 0.6) is 0 Å². The topological polar surface area (TPSA) is 59.8 Å². The van der Waals surface area contributed by atoms with Crippen LogP contribution in [0, 0.1) is 20.8 Å². The minimum Gasteiger partial charge on any atom is -0.324 e. The Balaban J connectivity index is 1.87. The average Bonchev–Trinajstić information content (AvgIpc) is 2.74. The van der Waals surface area contributed by atoms with Gasteiger partial charge in [0, 0.05) is 11.1 Å². The van der Waals surface area contributed by atoms with E-state index < -0.39 is 0 Å². The smallest absolute Gasteiger partial charge is 0.246 e. The summed E-state index contributed by atoms with van der Waals surface area (Å²) in [5.74, 6) is -0.112. The number of hydrogen-bond acceptors (Lipinski definition) is 3. The van der Waals surface area contributed by atoms with Crippen LogP contribution in [-0.4, -0.2) is 20.7 Å². The number of aromatic nitrogens is 3. The Labute approximate surface area is 142 Å². The maximum Gasteiger partial charge on any atom is 0.246 e. The summed E-state index contributed by atoms with van der Waals surface area (Å²) in [6, 6.07) is 9.66. The van der Waals surface area contributed by atoms with E-state index in [-0.39, 0.29) is 12.5 Å². The van der Waals surface area contributed by atoms with E-state index in [0.717, 1.165) is 38.1 Å². The second-order valence-corrected chi connectivity index (χ2v) is 6.31. The van der Waals surface area contributed by atoms with E-state index in [0.29, 0.717) is 0 Å². The van der Waals surface area contributed by atoms with Crippen LogP contribution in [0.3, 0.4) is 0 Å². The highest BCUT2D eigenvalue weighted by Gasteiger charge is 2.13. The van der Waals surface area contributed by atoms with Crippen molar-refractivity contribution in [3.05, 3.63) is 51.9 Å². The number of pyridine rings is 1. The summed E-state index contributed by atoms with van der Waals surface area (Å²) in [5, 5.41) is 8.27. The highest BCUT2D eigenvalue weighted by Crippen LogP contribution is 2.23. The standard InChI is InChI=1S/C17H17BrN4O/c1-10-8-15(13-6-4-5-7-14(13)19-10)20-16(23)9-22-12(3)17(18)11(2)21-22/h4-8H,9H2,1-3H3,(H,19,20,23). The predicted molar refractivity (Wildman–Crippen MR) is 94.5 cm³/mol. The molecule has 0 atom stereocenters. The van der Waals surface area contributed by atoms with Gasteiger partial charge in [0.05, 0.1) is 27.1 Å². The Morgan fingerprint density at radius 1 is 1.26 bits per heavy atom. The van der Waals surface area contributed by atoms with Gasteiger partial charge >= 0.3 is 0 Å². The van der Waals surface area contributed by atoms with Gasteiger partial charge in [-0.25, -0.2) is 0 Å². The molecular weight excluding hydrogens is 356 g/mol. The van der Waals surface area contributed by atoms with E-state index in [1.807, 2.05) is 51.1 Å². The minimum atomic E-state index is -0.112. The van der Waals surface area contributed by atoms with Gasteiger partial charge in [0.1, 0.15) is 6.54 Å². The van der Waals surface area contributed by atoms with E-state index in [1.165, 1.54) is 0 Å². The molecule has 0 unspecified atom stereocenters. The van der Waals surface area contributed by atoms with Gasteiger partial charge in [-0.05, 0) is 48.8 Å². The zero-order valence-electron chi connectivity index (χ0n) is 13.2. The number of hydrogen-bond donors (Lipinski definition) is 1. The fraction of sp³-hybridized carbons (Fsp3) is 0.235. The van der Waals surface area contributed by atoms with Gasteiger partial charge in [0.25, 0.3) is 0 Å². The Bertz CT molecular complexity index is 901. The molecule has 0 aliphatic carbocycles. The lowest BCUT2D eigenvalue weighted by Gasteiger charge is -2.10. The van der Waals surface area contributed by atoms with Gasteiger partial charge in [-0.2, -0.15) is 5.10 Å². The number of para-hydroxylation sites is 1. The first-order valence-corrected chi connectivity index (χ1v) is 8.11. The summed E-state index contributed by atoms with van der Waals surface area (Å²) in [5.41, 5.74) is 4.33. The molecule has 0 bridgehead atoms. The van der Waals surface area contributed by atoms with Crippen LogP contribution >= 0.6 is 15.9 Å². The van der Waals surface area contributed by atoms with E-state index in [2.05, 4.69) is 31.3 Å². The summed E-state index contributed by atoms with van der Waals surface area (Å²) in [6.07, 6.45) is 0. The van der Waals surface area contributed by atoms with Gasteiger partial charge in [-0.1, -0.05) is 18.2 Å². The van der Waals surface area contributed by atoms with Gasteiger partial charge in [0.15, 0.2) is 0 Å². The number of fused-ring (bicyclic) bond motifs is 1. The number of halogens is 1. The molecule has 1 N–H and O–H groups in total. The number of carbonyl (C=O) groups is 1. The molecule has 0 aliphatic rings. The summed E-state index contributed by atoms with van der Waals surface area (Å²) < 4.78 is 2.64. The molecule has 0 spiro atoms.